The Balaban J connectivity index is -0.000000101. The summed E-state index contributed by atoms with van der Waals surface area (Å²) in [6.45, 7) is 36.1. The van der Waals surface area contributed by atoms with Gasteiger partial charge in [0.25, 0.3) is 0 Å². The molecule has 2 atom stereocenters. The molecule has 2 fully saturated rings. The van der Waals surface area contributed by atoms with Crippen molar-refractivity contribution in [2.24, 2.45) is 35.0 Å². The van der Waals surface area contributed by atoms with Crippen molar-refractivity contribution < 1.29 is 34.6 Å². The second kappa shape index (κ2) is 45.7. The van der Waals surface area contributed by atoms with Crippen LogP contribution in [0, 0.1) is 35.0 Å². The summed E-state index contributed by atoms with van der Waals surface area (Å²) in [5, 5.41) is 0. The standard InChI is InChI=1S/C7H14.2C6H11F3.C6H12.C6H14.C5H12.C4H10.C3H8.C2H6/c1-7-5-3-2-4-6-7;2*1-3-5(2)4-6(7,8)9;1-6-4-2-3-5-6;1-5-6(2,3)4;1-4-5(2)3;1-3-4-2;1-3-2;1-2/h7H,2-6H2,1H3;2*5H,3-4H2,1-2H3;6H,2-5H2,1H3;5H2,1-4H3;5H,4H2,1-3H3;3-4H2,1-2H3;3H2,1-2H3;1-2H3/t;2*5-;;;;;;/m.00....../s1/i7D;;;6D;5D2;4D2;;;. The van der Waals surface area contributed by atoms with E-state index >= 15 is 0 Å². The average Bonchev–Trinajstić information content (AvgIpc) is 3.44. The van der Waals surface area contributed by atoms with Gasteiger partial charge < -0.3 is 0 Å². The summed E-state index contributed by atoms with van der Waals surface area (Å²) in [5.41, 5.74) is -0.229. The fraction of sp³-hybridized carbons (Fsp3) is 1.00. The molecule has 0 N–H and O–H groups in total. The number of rotatable bonds is 6. The molecule has 2 rings (SSSR count). The molecule has 320 valence electrons. The van der Waals surface area contributed by atoms with Crippen LogP contribution in [0.3, 0.4) is 0 Å². The third kappa shape index (κ3) is 93.9. The number of halogens is 6. The first-order valence-electron chi connectivity index (χ1n) is 23.5. The second-order valence-corrected chi connectivity index (χ2v) is 15.0. The quantitative estimate of drug-likeness (QED) is 0.237. The molecule has 0 amide bonds. The van der Waals surface area contributed by atoms with Crippen molar-refractivity contribution in [3.8, 4) is 0 Å². The number of alkyl halides is 6. The van der Waals surface area contributed by atoms with Crippen molar-refractivity contribution in [2.45, 2.75) is 259 Å². The highest BCUT2D eigenvalue weighted by Gasteiger charge is 2.29. The monoisotopic (exact) mass is 759 g/mol. The van der Waals surface area contributed by atoms with Crippen molar-refractivity contribution in [3.05, 3.63) is 0 Å². The molecule has 2 saturated carbocycles. The molecule has 2 aliphatic carbocycles. The van der Waals surface area contributed by atoms with Crippen LogP contribution in [0.25, 0.3) is 0 Å². The molecule has 0 radical (unpaired) electrons. The van der Waals surface area contributed by atoms with Crippen LogP contribution < -0.4 is 0 Å². The van der Waals surface area contributed by atoms with Gasteiger partial charge in [0, 0.05) is 21.1 Å². The van der Waals surface area contributed by atoms with E-state index in [1.54, 1.807) is 41.5 Å². The van der Waals surface area contributed by atoms with Crippen LogP contribution in [0.15, 0.2) is 0 Å². The van der Waals surface area contributed by atoms with E-state index in [1.807, 2.05) is 62.3 Å². The molecule has 6 heteroatoms. The van der Waals surface area contributed by atoms with Gasteiger partial charge in [-0.1, -0.05) is 234 Å². The van der Waals surface area contributed by atoms with Crippen molar-refractivity contribution in [3.63, 3.8) is 0 Å². The Bertz CT molecular complexity index is 754. The van der Waals surface area contributed by atoms with Gasteiger partial charge in [0.15, 0.2) is 0 Å². The SMILES string of the molecule is CC.CCC.CCCC.CC[C@H](C)CC(F)(F)F.CC[C@H](C)CC(F)(F)F.[2H]C([2H])(C)C(C)(C)C.[2H]C([2H])(C)C(C)C.[2H]C1(C)CCCC1.[2H]C1(C)CCCCC1. The van der Waals surface area contributed by atoms with E-state index in [2.05, 4.69) is 27.7 Å². The Morgan fingerprint density at radius 2 is 0.784 bits per heavy atom. The van der Waals surface area contributed by atoms with Gasteiger partial charge in [-0.15, -0.1) is 0 Å². The van der Waals surface area contributed by atoms with E-state index in [1.165, 1.54) is 51.4 Å². The van der Waals surface area contributed by atoms with Crippen LogP contribution in [0.1, 0.15) is 255 Å². The Kier molecular flexibility index (Phi) is 45.4. The molecule has 0 heterocycles. The summed E-state index contributed by atoms with van der Waals surface area (Å²) in [7, 11) is 0. The zero-order valence-corrected chi connectivity index (χ0v) is 37.8. The fourth-order valence-corrected chi connectivity index (χ4v) is 3.21. The second-order valence-electron chi connectivity index (χ2n) is 15.0. The minimum atomic E-state index is -3.98. The van der Waals surface area contributed by atoms with Crippen molar-refractivity contribution in [1.29, 1.82) is 0 Å². The van der Waals surface area contributed by atoms with Crippen LogP contribution in [-0.2, 0) is 0 Å². The van der Waals surface area contributed by atoms with Gasteiger partial charge in [-0.25, -0.2) is 0 Å². The average molecular weight is 759 g/mol. The van der Waals surface area contributed by atoms with Crippen LogP contribution in [0.5, 0.6) is 0 Å². The lowest BCUT2D eigenvalue weighted by molar-refractivity contribution is -0.144. The van der Waals surface area contributed by atoms with Gasteiger partial charge in [0.2, 0.25) is 0 Å². The minimum Gasteiger partial charge on any atom is -0.171 e. The molecule has 0 aromatic heterocycles. The predicted octanol–water partition coefficient (Wildman–Crippen LogP) is 19.5. The van der Waals surface area contributed by atoms with Crippen LogP contribution >= 0.6 is 0 Å². The van der Waals surface area contributed by atoms with Gasteiger partial charge >= 0.3 is 12.4 Å². The Morgan fingerprint density at radius 3 is 0.863 bits per heavy atom. The maximum Gasteiger partial charge on any atom is 0.389 e. The molecule has 0 aliphatic heterocycles. The third-order valence-corrected chi connectivity index (χ3v) is 7.55. The first-order chi connectivity index (χ1) is 25.3. The van der Waals surface area contributed by atoms with Crippen LogP contribution in [0.2, 0.25) is 0 Å². The number of hydrogen-bond acceptors (Lipinski definition) is 0. The first kappa shape index (κ1) is 50.6. The summed E-state index contributed by atoms with van der Waals surface area (Å²) in [6.07, 6.45) is 4.71. The largest absolute Gasteiger partial charge is 0.389 e. The molecular weight excluding hydrogens is 654 g/mol. The molecule has 0 nitrogen and oxygen atoms in total. The first-order valence-corrected chi connectivity index (χ1v) is 20.5. The van der Waals surface area contributed by atoms with Crippen LogP contribution in [0.4, 0.5) is 26.3 Å². The lowest BCUT2D eigenvalue weighted by Crippen LogP contribution is -2.12. The Hall–Kier alpha value is -0.420. The molecule has 0 saturated heterocycles. The molecule has 51 heavy (non-hydrogen) atoms. The Labute approximate surface area is 328 Å². The lowest BCUT2D eigenvalue weighted by atomic mass is 9.91. The normalized spacial score (nSPS) is 18.9. The maximum atomic E-state index is 11.5. The molecule has 0 aromatic rings. The van der Waals surface area contributed by atoms with E-state index in [9.17, 15) is 26.3 Å². The van der Waals surface area contributed by atoms with Crippen molar-refractivity contribution >= 4 is 0 Å². The zero-order chi connectivity index (χ0) is 47.5. The molecule has 0 unspecified atom stereocenters. The van der Waals surface area contributed by atoms with Crippen molar-refractivity contribution in [2.75, 3.05) is 0 Å². The van der Waals surface area contributed by atoms with Gasteiger partial charge in [-0.05, 0) is 35.0 Å². The topological polar surface area (TPSA) is 0 Å². The smallest absolute Gasteiger partial charge is 0.171 e. The van der Waals surface area contributed by atoms with Gasteiger partial charge in [-0.2, -0.15) is 26.3 Å². The molecule has 2 aliphatic rings. The van der Waals surface area contributed by atoms with Gasteiger partial charge in [0.05, 0.1) is 0 Å². The van der Waals surface area contributed by atoms with E-state index in [0.717, 1.165) is 25.7 Å². The van der Waals surface area contributed by atoms with Gasteiger partial charge in [-0.3, -0.25) is 0 Å². The highest BCUT2D eigenvalue weighted by molar-refractivity contribution is 4.61. The van der Waals surface area contributed by atoms with E-state index in [0.29, 0.717) is 12.8 Å². The Morgan fingerprint density at radius 1 is 0.569 bits per heavy atom. The predicted molar refractivity (Wildman–Crippen MR) is 223 cm³/mol. The van der Waals surface area contributed by atoms with E-state index in [-0.39, 0.29) is 35.0 Å². The highest BCUT2D eigenvalue weighted by Crippen LogP contribution is 2.27. The highest BCUT2D eigenvalue weighted by atomic mass is 19.4. The van der Waals surface area contributed by atoms with Crippen LogP contribution in [-0.4, -0.2) is 12.4 Å². The van der Waals surface area contributed by atoms with Crippen molar-refractivity contribution in [1.82, 2.24) is 0 Å². The number of hydrogen-bond donors (Lipinski definition) is 0. The molecule has 0 spiro atoms. The number of unbranched alkanes of at least 4 members (excludes halogenated alkanes) is 1. The van der Waals surface area contributed by atoms with E-state index in [4.69, 9.17) is 8.22 Å². The molecular formula is C45H98F6. The third-order valence-electron chi connectivity index (χ3n) is 7.55. The summed E-state index contributed by atoms with van der Waals surface area (Å²) in [6, 6.07) is 0. The summed E-state index contributed by atoms with van der Waals surface area (Å²) in [5.74, 6) is -0.458. The maximum absolute atomic E-state index is 11.5. The molecule has 0 aromatic carbocycles. The summed E-state index contributed by atoms with van der Waals surface area (Å²) >= 11 is 0. The summed E-state index contributed by atoms with van der Waals surface area (Å²) in [4.78, 5) is 0. The fourth-order valence-electron chi connectivity index (χ4n) is 3.21. The summed E-state index contributed by atoms with van der Waals surface area (Å²) < 4.78 is 113. The minimum absolute atomic E-state index is 0.0556. The zero-order valence-electron chi connectivity index (χ0n) is 43.8. The van der Waals surface area contributed by atoms with Gasteiger partial charge in [0.1, 0.15) is 0 Å². The van der Waals surface area contributed by atoms with E-state index < -0.39 is 37.9 Å². The lowest BCUT2D eigenvalue weighted by Gasteiger charge is -2.15. The molecule has 0 bridgehead atoms.